The van der Waals surface area contributed by atoms with Crippen LogP contribution in [0.2, 0.25) is 0 Å². The number of likely N-dealkylation sites (tertiary alicyclic amines) is 1. The topological polar surface area (TPSA) is 58.6 Å². The predicted octanol–water partition coefficient (Wildman–Crippen LogP) is 3.06. The van der Waals surface area contributed by atoms with Crippen LogP contribution in [0.1, 0.15) is 39.0 Å². The van der Waals surface area contributed by atoms with Crippen molar-refractivity contribution < 1.29 is 14.3 Å². The number of rotatable bonds is 5. The molecule has 3 rings (SSSR count). The molecule has 1 saturated carbocycles. The molecule has 1 heterocycles. The van der Waals surface area contributed by atoms with Crippen molar-refractivity contribution in [3.63, 3.8) is 0 Å². The fourth-order valence-electron chi connectivity index (χ4n) is 3.36. The number of carbonyl (C=O) groups excluding carboxylic acids is 2. The smallest absolute Gasteiger partial charge is 0.227 e. The molecular formula is C19H26N2O3. The minimum Gasteiger partial charge on any atom is -0.492 e. The highest BCUT2D eigenvalue weighted by molar-refractivity contribution is 5.94. The molecule has 0 radical (unpaired) electrons. The van der Waals surface area contributed by atoms with Gasteiger partial charge in [0.25, 0.3) is 0 Å². The van der Waals surface area contributed by atoms with Gasteiger partial charge in [0.1, 0.15) is 5.75 Å². The van der Waals surface area contributed by atoms with Crippen LogP contribution in [0.4, 0.5) is 5.69 Å². The Kier molecular flexibility index (Phi) is 5.38. The Hall–Kier alpha value is -2.04. The van der Waals surface area contributed by atoms with Gasteiger partial charge in [-0.2, -0.15) is 0 Å². The van der Waals surface area contributed by atoms with Crippen LogP contribution in [0.3, 0.4) is 0 Å². The minimum absolute atomic E-state index is 0.0258. The Morgan fingerprint density at radius 2 is 1.83 bits per heavy atom. The maximum Gasteiger partial charge on any atom is 0.227 e. The lowest BCUT2D eigenvalue weighted by Gasteiger charge is -2.36. The summed E-state index contributed by atoms with van der Waals surface area (Å²) >= 11 is 0. The quantitative estimate of drug-likeness (QED) is 0.902. The Labute approximate surface area is 143 Å². The summed E-state index contributed by atoms with van der Waals surface area (Å²) in [5, 5.41) is 2.99. The van der Waals surface area contributed by atoms with E-state index in [0.29, 0.717) is 31.4 Å². The molecule has 1 aliphatic heterocycles. The van der Waals surface area contributed by atoms with E-state index < -0.39 is 0 Å². The number of nitrogens with one attached hydrogen (secondary N) is 1. The molecule has 5 heteroatoms. The van der Waals surface area contributed by atoms with E-state index in [0.717, 1.165) is 31.4 Å². The standard InChI is InChI=1S/C19H26N2O3/c1-2-24-17-9-4-3-8-16(17)20-18(22)14-10-12-21(13-11-14)19(23)15-6-5-7-15/h3-4,8-9,14-15H,2,5-7,10-13H2,1H3,(H,20,22). The second kappa shape index (κ2) is 7.69. The van der Waals surface area contributed by atoms with Gasteiger partial charge >= 0.3 is 0 Å². The number of para-hydroxylation sites is 2. The highest BCUT2D eigenvalue weighted by Gasteiger charge is 2.33. The lowest BCUT2D eigenvalue weighted by Crippen LogP contribution is -2.45. The molecule has 2 fully saturated rings. The van der Waals surface area contributed by atoms with Gasteiger partial charge in [0.05, 0.1) is 12.3 Å². The molecule has 1 aliphatic carbocycles. The summed E-state index contributed by atoms with van der Waals surface area (Å²) in [6.45, 7) is 3.88. The third-order valence-electron chi connectivity index (χ3n) is 5.08. The summed E-state index contributed by atoms with van der Waals surface area (Å²) in [4.78, 5) is 26.8. The monoisotopic (exact) mass is 330 g/mol. The fourth-order valence-corrected chi connectivity index (χ4v) is 3.36. The van der Waals surface area contributed by atoms with E-state index in [4.69, 9.17) is 4.74 Å². The lowest BCUT2D eigenvalue weighted by molar-refractivity contribution is -0.140. The van der Waals surface area contributed by atoms with Gasteiger partial charge in [-0.1, -0.05) is 18.6 Å². The Morgan fingerprint density at radius 3 is 2.46 bits per heavy atom. The maximum atomic E-state index is 12.5. The first-order valence-electron chi connectivity index (χ1n) is 9.00. The van der Waals surface area contributed by atoms with Gasteiger partial charge in [-0.3, -0.25) is 9.59 Å². The van der Waals surface area contributed by atoms with Gasteiger partial charge in [0.2, 0.25) is 11.8 Å². The van der Waals surface area contributed by atoms with Crippen molar-refractivity contribution in [3.8, 4) is 5.75 Å². The van der Waals surface area contributed by atoms with Crippen LogP contribution in [0, 0.1) is 11.8 Å². The molecule has 2 aliphatic rings. The largest absolute Gasteiger partial charge is 0.492 e. The molecule has 0 spiro atoms. The van der Waals surface area contributed by atoms with Crippen LogP contribution in [-0.2, 0) is 9.59 Å². The van der Waals surface area contributed by atoms with E-state index in [1.807, 2.05) is 36.1 Å². The van der Waals surface area contributed by atoms with Crippen molar-refractivity contribution in [2.24, 2.45) is 11.8 Å². The molecule has 0 bridgehead atoms. The second-order valence-electron chi connectivity index (χ2n) is 6.65. The van der Waals surface area contributed by atoms with Crippen LogP contribution in [0.25, 0.3) is 0 Å². The number of amides is 2. The number of anilines is 1. The average molecular weight is 330 g/mol. The molecule has 1 aromatic carbocycles. The number of carbonyl (C=O) groups is 2. The molecular weight excluding hydrogens is 304 g/mol. The zero-order chi connectivity index (χ0) is 16.9. The second-order valence-corrected chi connectivity index (χ2v) is 6.65. The third-order valence-corrected chi connectivity index (χ3v) is 5.08. The van der Waals surface area contributed by atoms with E-state index in [9.17, 15) is 9.59 Å². The lowest BCUT2D eigenvalue weighted by atomic mass is 9.83. The van der Waals surface area contributed by atoms with E-state index in [1.165, 1.54) is 6.42 Å². The highest BCUT2D eigenvalue weighted by atomic mass is 16.5. The number of benzene rings is 1. The molecule has 24 heavy (non-hydrogen) atoms. The predicted molar refractivity (Wildman–Crippen MR) is 92.9 cm³/mol. The fraction of sp³-hybridized carbons (Fsp3) is 0.579. The van der Waals surface area contributed by atoms with Crippen LogP contribution in [0.15, 0.2) is 24.3 Å². The van der Waals surface area contributed by atoms with E-state index in [-0.39, 0.29) is 17.7 Å². The van der Waals surface area contributed by atoms with Crippen molar-refractivity contribution in [2.75, 3.05) is 25.0 Å². The van der Waals surface area contributed by atoms with Crippen LogP contribution < -0.4 is 10.1 Å². The highest BCUT2D eigenvalue weighted by Crippen LogP contribution is 2.30. The van der Waals surface area contributed by atoms with Gasteiger partial charge in [0, 0.05) is 24.9 Å². The minimum atomic E-state index is -0.0369. The van der Waals surface area contributed by atoms with Crippen LogP contribution >= 0.6 is 0 Å². The molecule has 1 N–H and O–H groups in total. The summed E-state index contributed by atoms with van der Waals surface area (Å²) in [5.74, 6) is 1.23. The number of hydrogen-bond acceptors (Lipinski definition) is 3. The molecule has 130 valence electrons. The molecule has 5 nitrogen and oxygen atoms in total. The average Bonchev–Trinajstić information content (AvgIpc) is 2.55. The van der Waals surface area contributed by atoms with Gasteiger partial charge in [-0.05, 0) is 44.7 Å². The molecule has 1 saturated heterocycles. The summed E-state index contributed by atoms with van der Waals surface area (Å²) < 4.78 is 5.55. The molecule has 0 atom stereocenters. The van der Waals surface area contributed by atoms with Gasteiger partial charge in [-0.25, -0.2) is 0 Å². The van der Waals surface area contributed by atoms with E-state index >= 15 is 0 Å². The van der Waals surface area contributed by atoms with Crippen molar-refractivity contribution >= 4 is 17.5 Å². The van der Waals surface area contributed by atoms with Crippen LogP contribution in [0.5, 0.6) is 5.75 Å². The molecule has 2 amide bonds. The van der Waals surface area contributed by atoms with Crippen molar-refractivity contribution in [1.29, 1.82) is 0 Å². The van der Waals surface area contributed by atoms with Crippen molar-refractivity contribution in [2.45, 2.75) is 39.0 Å². The Bertz CT molecular complexity index is 590. The number of nitrogens with zero attached hydrogens (tertiary/aromatic N) is 1. The zero-order valence-electron chi connectivity index (χ0n) is 14.3. The third kappa shape index (κ3) is 3.71. The maximum absolute atomic E-state index is 12.5. The molecule has 0 unspecified atom stereocenters. The summed E-state index contributed by atoms with van der Waals surface area (Å²) in [7, 11) is 0. The number of ether oxygens (including phenoxy) is 1. The SMILES string of the molecule is CCOc1ccccc1NC(=O)C1CCN(C(=O)C2CCC2)CC1. The van der Waals surface area contributed by atoms with Crippen molar-refractivity contribution in [3.05, 3.63) is 24.3 Å². The summed E-state index contributed by atoms with van der Waals surface area (Å²) in [5.41, 5.74) is 0.720. The van der Waals surface area contributed by atoms with E-state index in [1.54, 1.807) is 0 Å². The zero-order valence-corrected chi connectivity index (χ0v) is 14.3. The summed E-state index contributed by atoms with van der Waals surface area (Å²) in [6, 6.07) is 7.50. The number of hydrogen-bond donors (Lipinski definition) is 1. The first-order valence-corrected chi connectivity index (χ1v) is 9.00. The summed E-state index contributed by atoms with van der Waals surface area (Å²) in [6.07, 6.45) is 4.72. The first kappa shape index (κ1) is 16.8. The van der Waals surface area contributed by atoms with Gasteiger partial charge < -0.3 is 15.0 Å². The molecule has 1 aromatic rings. The van der Waals surface area contributed by atoms with Crippen LogP contribution in [-0.4, -0.2) is 36.4 Å². The normalized spacial score (nSPS) is 18.8. The number of piperidine rings is 1. The molecule has 0 aromatic heterocycles. The van der Waals surface area contributed by atoms with Crippen molar-refractivity contribution in [1.82, 2.24) is 4.90 Å². The Balaban J connectivity index is 1.53. The van der Waals surface area contributed by atoms with E-state index in [2.05, 4.69) is 5.32 Å². The van der Waals surface area contributed by atoms with Gasteiger partial charge in [0.15, 0.2) is 0 Å². The Morgan fingerprint density at radius 1 is 1.12 bits per heavy atom. The van der Waals surface area contributed by atoms with Gasteiger partial charge in [-0.15, -0.1) is 0 Å². The first-order chi connectivity index (χ1) is 11.7.